The fourth-order valence-electron chi connectivity index (χ4n) is 2.31. The molecule has 0 aliphatic rings. The summed E-state index contributed by atoms with van der Waals surface area (Å²) in [6.45, 7) is 0. The van der Waals surface area contributed by atoms with Gasteiger partial charge in [-0.25, -0.2) is 4.79 Å². The van der Waals surface area contributed by atoms with Crippen LogP contribution in [0.25, 0.3) is 11.1 Å². The summed E-state index contributed by atoms with van der Waals surface area (Å²) in [5.41, 5.74) is -0.655. The maximum Gasteiger partial charge on any atom is 0.460 e. The van der Waals surface area contributed by atoms with Gasteiger partial charge in [-0.2, -0.15) is 35.7 Å². The van der Waals surface area contributed by atoms with Gasteiger partial charge in [-0.1, -0.05) is 24.3 Å². The first-order valence-electron chi connectivity index (χ1n) is 7.70. The third-order valence-electron chi connectivity index (χ3n) is 3.74. The summed E-state index contributed by atoms with van der Waals surface area (Å²) in [5.74, 6) is -7.00. The van der Waals surface area contributed by atoms with Crippen LogP contribution in [0.3, 0.4) is 0 Å². The first kappa shape index (κ1) is 25.4. The minimum absolute atomic E-state index is 0.0475. The van der Waals surface area contributed by atoms with E-state index in [0.29, 0.717) is 0 Å². The molecule has 166 valence electrons. The van der Waals surface area contributed by atoms with Crippen molar-refractivity contribution >= 4 is 61.5 Å². The SMILES string of the molecule is O=C=Nc1c(-c2ccccc2SC(F)(F)C(F)(F)C(F)(F)F)ccc(C(=O)NBr)c1Br. The number of thioether (sulfide) groups is 1. The maximum absolute atomic E-state index is 14.0. The van der Waals surface area contributed by atoms with Gasteiger partial charge in [-0.3, -0.25) is 9.14 Å². The molecule has 4 nitrogen and oxygen atoms in total. The summed E-state index contributed by atoms with van der Waals surface area (Å²) in [7, 11) is 0. The number of carbonyl (C=O) groups excluding carboxylic acids is 2. The Bertz CT molecular complexity index is 1060. The first-order valence-corrected chi connectivity index (χ1v) is 10.1. The number of halogens is 9. The molecule has 0 saturated carbocycles. The van der Waals surface area contributed by atoms with E-state index < -0.39 is 39.9 Å². The van der Waals surface area contributed by atoms with Crippen molar-refractivity contribution in [1.82, 2.24) is 4.34 Å². The Morgan fingerprint density at radius 1 is 1.00 bits per heavy atom. The second kappa shape index (κ2) is 9.31. The van der Waals surface area contributed by atoms with Gasteiger partial charge in [0, 0.05) is 26.6 Å². The van der Waals surface area contributed by atoms with Crippen LogP contribution in [-0.4, -0.2) is 29.3 Å². The fraction of sp³-hybridized carbons (Fsp3) is 0.176. The van der Waals surface area contributed by atoms with Crippen LogP contribution in [0, 0.1) is 0 Å². The van der Waals surface area contributed by atoms with Crippen LogP contribution in [0.1, 0.15) is 10.4 Å². The second-order valence-corrected chi connectivity index (χ2v) is 7.98. The highest BCUT2D eigenvalue weighted by molar-refractivity contribution is 9.10. The highest BCUT2D eigenvalue weighted by atomic mass is 79.9. The highest BCUT2D eigenvalue weighted by Gasteiger charge is 2.73. The molecule has 0 atom stereocenters. The van der Waals surface area contributed by atoms with E-state index in [2.05, 4.69) is 41.4 Å². The van der Waals surface area contributed by atoms with Crippen LogP contribution in [0.4, 0.5) is 36.4 Å². The van der Waals surface area contributed by atoms with Crippen LogP contribution < -0.4 is 4.34 Å². The molecule has 31 heavy (non-hydrogen) atoms. The molecule has 0 aromatic heterocycles. The van der Waals surface area contributed by atoms with Gasteiger partial charge in [-0.05, 0) is 45.4 Å². The quantitative estimate of drug-likeness (QED) is 0.129. The summed E-state index contributed by atoms with van der Waals surface area (Å²) in [6.07, 6.45) is -5.28. The van der Waals surface area contributed by atoms with E-state index in [1.165, 1.54) is 18.2 Å². The molecule has 0 fully saturated rings. The predicted octanol–water partition coefficient (Wildman–Crippen LogP) is 7.01. The minimum atomic E-state index is -6.49. The smallest absolute Gasteiger partial charge is 0.288 e. The average Bonchev–Trinajstić information content (AvgIpc) is 2.68. The summed E-state index contributed by atoms with van der Waals surface area (Å²) < 4.78 is 94.1. The Labute approximate surface area is 190 Å². The number of hydrogen-bond donors (Lipinski definition) is 1. The summed E-state index contributed by atoms with van der Waals surface area (Å²) in [5, 5.41) is -5.55. The van der Waals surface area contributed by atoms with Crippen molar-refractivity contribution in [1.29, 1.82) is 0 Å². The molecular weight excluding hydrogens is 589 g/mol. The molecule has 2 aromatic rings. The molecule has 14 heteroatoms. The highest BCUT2D eigenvalue weighted by Crippen LogP contribution is 2.55. The number of carbonyl (C=O) groups is 1. The van der Waals surface area contributed by atoms with Crippen molar-refractivity contribution < 1.29 is 40.3 Å². The Balaban J connectivity index is 2.68. The van der Waals surface area contributed by atoms with Gasteiger partial charge in [0.15, 0.2) is 0 Å². The maximum atomic E-state index is 14.0. The Kier molecular flexibility index (Phi) is 7.62. The number of alkyl halides is 7. The monoisotopic (exact) mass is 594 g/mol. The molecule has 0 aliphatic carbocycles. The van der Waals surface area contributed by atoms with Gasteiger partial charge < -0.3 is 0 Å². The fourth-order valence-corrected chi connectivity index (χ4v) is 4.09. The third-order valence-corrected chi connectivity index (χ3v) is 5.99. The lowest BCUT2D eigenvalue weighted by Crippen LogP contribution is -2.49. The van der Waals surface area contributed by atoms with Crippen molar-refractivity contribution in [2.45, 2.75) is 22.2 Å². The summed E-state index contributed by atoms with van der Waals surface area (Å²) in [6, 6.07) is 6.88. The molecule has 0 heterocycles. The molecular formula is C17H7Br2F7N2O2S. The first-order chi connectivity index (χ1) is 14.3. The molecule has 2 aromatic carbocycles. The molecule has 0 saturated heterocycles. The number of hydrogen-bond acceptors (Lipinski definition) is 4. The predicted molar refractivity (Wildman–Crippen MR) is 106 cm³/mol. The van der Waals surface area contributed by atoms with Crippen LogP contribution in [0.2, 0.25) is 0 Å². The Morgan fingerprint density at radius 3 is 2.16 bits per heavy atom. The van der Waals surface area contributed by atoms with Crippen molar-refractivity contribution in [3.05, 3.63) is 46.4 Å². The number of isocyanates is 1. The Morgan fingerprint density at radius 2 is 1.61 bits per heavy atom. The van der Waals surface area contributed by atoms with E-state index in [-0.39, 0.29) is 26.9 Å². The average molecular weight is 596 g/mol. The van der Waals surface area contributed by atoms with Crippen LogP contribution in [0.5, 0.6) is 0 Å². The molecule has 0 bridgehead atoms. The van der Waals surface area contributed by atoms with Crippen LogP contribution >= 0.6 is 43.8 Å². The molecule has 0 radical (unpaired) electrons. The van der Waals surface area contributed by atoms with Gasteiger partial charge in [0.1, 0.15) is 0 Å². The Hall–Kier alpha value is -1.89. The zero-order chi connectivity index (χ0) is 23.6. The molecule has 1 amide bonds. The normalized spacial score (nSPS) is 12.3. The van der Waals surface area contributed by atoms with E-state index in [1.54, 1.807) is 0 Å². The van der Waals surface area contributed by atoms with Crippen LogP contribution in [0.15, 0.2) is 50.8 Å². The number of rotatable bonds is 6. The number of benzene rings is 2. The molecule has 1 N–H and O–H groups in total. The van der Waals surface area contributed by atoms with Gasteiger partial charge >= 0.3 is 17.4 Å². The van der Waals surface area contributed by atoms with Gasteiger partial charge in [-0.15, -0.1) is 0 Å². The molecule has 0 aliphatic heterocycles. The van der Waals surface area contributed by atoms with Gasteiger partial charge in [0.2, 0.25) is 6.08 Å². The van der Waals surface area contributed by atoms with E-state index in [0.717, 1.165) is 24.3 Å². The molecule has 0 spiro atoms. The van der Waals surface area contributed by atoms with Crippen molar-refractivity contribution in [3.8, 4) is 11.1 Å². The van der Waals surface area contributed by atoms with Crippen molar-refractivity contribution in [2.24, 2.45) is 4.99 Å². The standard InChI is InChI=1S/C17H7Br2F7N2O2S/c18-12-10(14(30)28-19)6-5-9(13(12)27-7-29)8-3-1-2-4-11(8)31-17(25,26)15(20,21)16(22,23)24/h1-6H,(H,28,30). The lowest BCUT2D eigenvalue weighted by molar-refractivity contribution is -0.330. The summed E-state index contributed by atoms with van der Waals surface area (Å²) in [4.78, 5) is 25.5. The number of aliphatic imine (C=N–C) groups is 1. The summed E-state index contributed by atoms with van der Waals surface area (Å²) >= 11 is 4.75. The largest absolute Gasteiger partial charge is 0.460 e. The number of nitrogens with zero attached hydrogens (tertiary/aromatic N) is 1. The van der Waals surface area contributed by atoms with Crippen molar-refractivity contribution in [2.75, 3.05) is 0 Å². The molecule has 2 rings (SSSR count). The van der Waals surface area contributed by atoms with Gasteiger partial charge in [0.05, 0.1) is 15.7 Å². The topological polar surface area (TPSA) is 58.5 Å². The zero-order valence-corrected chi connectivity index (χ0v) is 18.5. The third kappa shape index (κ3) is 4.97. The van der Waals surface area contributed by atoms with E-state index in [1.807, 2.05) is 0 Å². The minimum Gasteiger partial charge on any atom is -0.288 e. The lowest BCUT2D eigenvalue weighted by Gasteiger charge is -2.28. The lowest BCUT2D eigenvalue weighted by atomic mass is 10.0. The molecule has 0 unspecified atom stereocenters. The number of amides is 1. The second-order valence-electron chi connectivity index (χ2n) is 5.64. The van der Waals surface area contributed by atoms with E-state index in [9.17, 15) is 40.3 Å². The van der Waals surface area contributed by atoms with E-state index >= 15 is 0 Å². The number of nitrogens with one attached hydrogen (secondary N) is 1. The zero-order valence-electron chi connectivity index (χ0n) is 14.5. The van der Waals surface area contributed by atoms with Crippen molar-refractivity contribution in [3.63, 3.8) is 0 Å². The van der Waals surface area contributed by atoms with Gasteiger partial charge in [0.25, 0.3) is 5.91 Å². The van der Waals surface area contributed by atoms with E-state index in [4.69, 9.17) is 0 Å². The van der Waals surface area contributed by atoms with Crippen LogP contribution in [-0.2, 0) is 4.79 Å².